The van der Waals surface area contributed by atoms with Crippen LogP contribution in [0.5, 0.6) is 5.75 Å². The average molecular weight is 558 g/mol. The molecule has 0 N–H and O–H groups in total. The van der Waals surface area contributed by atoms with Crippen molar-refractivity contribution in [2.45, 2.75) is 13.8 Å². The van der Waals surface area contributed by atoms with Gasteiger partial charge in [-0.15, -0.1) is 0 Å². The number of benzene rings is 2. The predicted octanol–water partition coefficient (Wildman–Crippen LogP) is 3.69. The lowest BCUT2D eigenvalue weighted by molar-refractivity contribution is 0.0344. The number of amides is 2. The Morgan fingerprint density at radius 1 is 0.972 bits per heavy atom. The average Bonchev–Trinajstić information content (AvgIpc) is 3.10. The number of carbonyl (C=O) groups is 3. The van der Waals surface area contributed by atoms with Gasteiger partial charge in [-0.25, -0.2) is 4.79 Å². The molecule has 2 heterocycles. The highest BCUT2D eigenvalue weighted by atomic mass is 79.9. The van der Waals surface area contributed by atoms with Gasteiger partial charge in [0, 0.05) is 22.1 Å². The van der Waals surface area contributed by atoms with Crippen molar-refractivity contribution in [2.75, 3.05) is 40.1 Å². The van der Waals surface area contributed by atoms with Crippen molar-refractivity contribution in [3.8, 4) is 5.75 Å². The third kappa shape index (κ3) is 4.71. The van der Waals surface area contributed by atoms with Gasteiger partial charge in [0.25, 0.3) is 11.8 Å². The first kappa shape index (κ1) is 25.7. The summed E-state index contributed by atoms with van der Waals surface area (Å²) in [6.07, 6.45) is 0. The monoisotopic (exact) mass is 557 g/mol. The van der Waals surface area contributed by atoms with Crippen molar-refractivity contribution in [3.63, 3.8) is 0 Å². The van der Waals surface area contributed by atoms with Gasteiger partial charge in [0.2, 0.25) is 0 Å². The van der Waals surface area contributed by atoms with Crippen LogP contribution in [0.3, 0.4) is 0 Å². The van der Waals surface area contributed by atoms with Crippen molar-refractivity contribution in [3.05, 3.63) is 73.0 Å². The number of fused-ring (bicyclic) bond motifs is 2. The highest BCUT2D eigenvalue weighted by Gasteiger charge is 2.34. The Labute approximate surface area is 215 Å². The van der Waals surface area contributed by atoms with Crippen LogP contribution in [0.25, 0.3) is 11.0 Å². The van der Waals surface area contributed by atoms with E-state index in [9.17, 15) is 19.2 Å². The number of nitrogens with zero attached hydrogens (tertiary/aromatic N) is 1. The second-order valence-electron chi connectivity index (χ2n) is 8.18. The lowest BCUT2D eigenvalue weighted by atomic mass is 9.99. The molecule has 1 aliphatic rings. The van der Waals surface area contributed by atoms with Crippen molar-refractivity contribution in [2.24, 2.45) is 0 Å². The molecular weight excluding hydrogens is 534 g/mol. The molecule has 10 heteroatoms. The maximum absolute atomic E-state index is 13.0. The van der Waals surface area contributed by atoms with E-state index in [4.69, 9.17) is 18.6 Å². The molecule has 1 aromatic heterocycles. The summed E-state index contributed by atoms with van der Waals surface area (Å²) in [7, 11) is 1.51. The normalized spacial score (nSPS) is 12.9. The first-order chi connectivity index (χ1) is 17.3. The summed E-state index contributed by atoms with van der Waals surface area (Å²) in [5.74, 6) is -0.527. The van der Waals surface area contributed by atoms with Gasteiger partial charge < -0.3 is 18.6 Å². The number of rotatable bonds is 10. The number of carbonyl (C=O) groups excluding carboxylic acids is 3. The zero-order chi connectivity index (χ0) is 26.0. The Bertz CT molecular complexity index is 1390. The topological polar surface area (TPSA) is 112 Å². The third-order valence-corrected chi connectivity index (χ3v) is 6.57. The molecule has 0 fully saturated rings. The number of hydrogen-bond donors (Lipinski definition) is 0. The molecule has 2 amide bonds. The minimum absolute atomic E-state index is 0.114. The van der Waals surface area contributed by atoms with Crippen LogP contribution >= 0.6 is 15.9 Å². The highest BCUT2D eigenvalue weighted by Crippen LogP contribution is 2.36. The molecule has 4 rings (SSSR count). The van der Waals surface area contributed by atoms with Crippen molar-refractivity contribution in [1.29, 1.82) is 0 Å². The van der Waals surface area contributed by atoms with Crippen molar-refractivity contribution < 1.29 is 33.0 Å². The van der Waals surface area contributed by atoms with Gasteiger partial charge >= 0.3 is 5.63 Å². The van der Waals surface area contributed by atoms with Gasteiger partial charge in [-0.2, -0.15) is 0 Å². The summed E-state index contributed by atoms with van der Waals surface area (Å²) in [4.78, 5) is 51.2. The molecule has 0 unspecified atom stereocenters. The molecule has 0 saturated heterocycles. The number of hydrogen-bond acceptors (Lipinski definition) is 8. The van der Waals surface area contributed by atoms with Gasteiger partial charge in [0.15, 0.2) is 5.78 Å². The first-order valence-corrected chi connectivity index (χ1v) is 12.0. The summed E-state index contributed by atoms with van der Waals surface area (Å²) >= 11 is 3.43. The number of imide groups is 1. The maximum Gasteiger partial charge on any atom is 0.339 e. The Morgan fingerprint density at radius 2 is 1.61 bits per heavy atom. The second-order valence-corrected chi connectivity index (χ2v) is 9.03. The molecule has 0 radical (unpaired) electrons. The van der Waals surface area contributed by atoms with E-state index < -0.39 is 5.63 Å². The summed E-state index contributed by atoms with van der Waals surface area (Å²) < 4.78 is 22.4. The van der Waals surface area contributed by atoms with E-state index >= 15 is 0 Å². The number of halogens is 1. The predicted molar refractivity (Wildman–Crippen MR) is 134 cm³/mol. The fraction of sp³-hybridized carbons (Fsp3) is 0.308. The quantitative estimate of drug-likeness (QED) is 0.160. The summed E-state index contributed by atoms with van der Waals surface area (Å²) in [5.41, 5.74) is 1.50. The molecule has 0 aliphatic carbocycles. The van der Waals surface area contributed by atoms with Gasteiger partial charge in [-0.1, -0.05) is 12.1 Å². The zero-order valence-electron chi connectivity index (χ0n) is 20.0. The van der Waals surface area contributed by atoms with Gasteiger partial charge in [0.05, 0.1) is 49.1 Å². The van der Waals surface area contributed by atoms with Crippen LogP contribution in [0.1, 0.15) is 42.2 Å². The van der Waals surface area contributed by atoms with Gasteiger partial charge in [-0.05, 0) is 48.0 Å². The SMILES string of the molecule is COc1c(Br)cc2c(C(=O)COCCOCCN3C(=O)c4ccccc4C3=O)c(C)c(=O)oc2c1C. The van der Waals surface area contributed by atoms with Crippen LogP contribution in [0.4, 0.5) is 0 Å². The van der Waals surface area contributed by atoms with Gasteiger partial charge in [0.1, 0.15) is 17.9 Å². The van der Waals surface area contributed by atoms with Crippen LogP contribution < -0.4 is 10.4 Å². The fourth-order valence-corrected chi connectivity index (χ4v) is 4.89. The summed E-state index contributed by atoms with van der Waals surface area (Å²) in [6, 6.07) is 8.36. The molecule has 0 bridgehead atoms. The molecule has 9 nitrogen and oxygen atoms in total. The fourth-order valence-electron chi connectivity index (χ4n) is 4.20. The Balaban J connectivity index is 1.31. The number of methoxy groups -OCH3 is 1. The molecule has 36 heavy (non-hydrogen) atoms. The lowest BCUT2D eigenvalue weighted by Gasteiger charge is -2.14. The lowest BCUT2D eigenvalue weighted by Crippen LogP contribution is -2.33. The van der Waals surface area contributed by atoms with E-state index in [0.717, 1.165) is 4.90 Å². The van der Waals surface area contributed by atoms with Crippen molar-refractivity contribution in [1.82, 2.24) is 4.90 Å². The molecular formula is C26H24BrNO8. The Kier molecular flexibility index (Phi) is 7.67. The minimum Gasteiger partial charge on any atom is -0.495 e. The molecule has 188 valence electrons. The molecule has 0 saturated carbocycles. The Hall–Kier alpha value is -3.34. The molecule has 1 aliphatic heterocycles. The van der Waals surface area contributed by atoms with Gasteiger partial charge in [-0.3, -0.25) is 19.3 Å². The smallest absolute Gasteiger partial charge is 0.339 e. The molecule has 3 aromatic rings. The number of Topliss-reactive ketones (excluding diaryl/α,β-unsaturated/α-hetero) is 1. The number of ketones is 1. The highest BCUT2D eigenvalue weighted by molar-refractivity contribution is 9.10. The standard InChI is InChI=1S/C26H24BrNO8/c1-14-21(18-12-19(27)23(33-3)15(2)22(18)36-26(14)32)20(29)13-35-11-10-34-9-8-28-24(30)16-6-4-5-7-17(16)25(28)31/h4-7,12H,8-11,13H2,1-3H3. The molecule has 0 spiro atoms. The maximum atomic E-state index is 13.0. The van der Waals surface area contributed by atoms with E-state index in [1.54, 1.807) is 37.3 Å². The van der Waals surface area contributed by atoms with Crippen LogP contribution in [0.15, 0.2) is 44.0 Å². The summed E-state index contributed by atoms with van der Waals surface area (Å²) in [6.45, 7) is 3.56. The van der Waals surface area contributed by atoms with E-state index in [1.807, 2.05) is 0 Å². The van der Waals surface area contributed by atoms with Crippen LogP contribution in [0.2, 0.25) is 0 Å². The third-order valence-electron chi connectivity index (χ3n) is 5.98. The van der Waals surface area contributed by atoms with Crippen LogP contribution in [-0.4, -0.2) is 62.6 Å². The van der Waals surface area contributed by atoms with E-state index in [1.165, 1.54) is 14.0 Å². The Morgan fingerprint density at radius 3 is 2.25 bits per heavy atom. The second kappa shape index (κ2) is 10.7. The van der Waals surface area contributed by atoms with Crippen LogP contribution in [-0.2, 0) is 9.47 Å². The summed E-state index contributed by atoms with van der Waals surface area (Å²) in [5, 5.41) is 0.489. The van der Waals surface area contributed by atoms with Crippen molar-refractivity contribution >= 4 is 44.5 Å². The number of ether oxygens (including phenoxy) is 3. The van der Waals surface area contributed by atoms with E-state index in [-0.39, 0.29) is 67.3 Å². The van der Waals surface area contributed by atoms with E-state index in [2.05, 4.69) is 15.9 Å². The van der Waals surface area contributed by atoms with Crippen LogP contribution in [0, 0.1) is 13.8 Å². The number of aryl methyl sites for hydroxylation is 1. The molecule has 0 atom stereocenters. The minimum atomic E-state index is -0.602. The zero-order valence-corrected chi connectivity index (χ0v) is 21.6. The van der Waals surface area contributed by atoms with E-state index in [0.29, 0.717) is 32.3 Å². The molecule has 2 aromatic carbocycles. The largest absolute Gasteiger partial charge is 0.495 e. The first-order valence-electron chi connectivity index (χ1n) is 11.2.